The quantitative estimate of drug-likeness (QED) is 0.274. The van der Waals surface area contributed by atoms with Crippen LogP contribution >= 0.6 is 0 Å². The molecule has 6 rings (SSSR count). The van der Waals surface area contributed by atoms with Crippen molar-refractivity contribution in [3.8, 4) is 11.4 Å². The van der Waals surface area contributed by atoms with E-state index in [4.69, 9.17) is 4.74 Å². The maximum Gasteiger partial charge on any atom is 0.339 e. The van der Waals surface area contributed by atoms with E-state index in [9.17, 15) is 9.59 Å². The van der Waals surface area contributed by atoms with Gasteiger partial charge in [-0.2, -0.15) is 0 Å². The van der Waals surface area contributed by atoms with E-state index in [2.05, 4.69) is 22.1 Å². The molecule has 4 aromatic carbocycles. The molecule has 1 amide bonds. The molecule has 1 aliphatic rings. The van der Waals surface area contributed by atoms with E-state index in [-0.39, 0.29) is 5.91 Å². The number of rotatable bonds is 5. The van der Waals surface area contributed by atoms with Gasteiger partial charge in [-0.15, -0.1) is 0 Å². The number of hydrogen-bond acceptors (Lipinski definition) is 4. The van der Waals surface area contributed by atoms with E-state index in [1.165, 1.54) is 0 Å². The van der Waals surface area contributed by atoms with E-state index in [0.717, 1.165) is 46.4 Å². The van der Waals surface area contributed by atoms with Gasteiger partial charge in [0.25, 0.3) is 5.91 Å². The lowest BCUT2D eigenvalue weighted by Crippen LogP contribution is -2.39. The molecule has 6 nitrogen and oxygen atoms in total. The number of anilines is 2. The second-order valence-corrected chi connectivity index (χ2v) is 9.38. The van der Waals surface area contributed by atoms with Gasteiger partial charge in [-0.1, -0.05) is 73.7 Å². The number of carbonyl (C=O) groups is 2. The molecule has 188 valence electrons. The number of aromatic amines is 1. The number of H-pyrrole nitrogens is 1. The van der Waals surface area contributed by atoms with Crippen LogP contribution in [0.2, 0.25) is 0 Å². The van der Waals surface area contributed by atoms with E-state index >= 15 is 0 Å². The van der Waals surface area contributed by atoms with Crippen molar-refractivity contribution in [3.63, 3.8) is 0 Å². The lowest BCUT2D eigenvalue weighted by molar-refractivity contribution is -0.126. The maximum atomic E-state index is 14.1. The van der Waals surface area contributed by atoms with Crippen LogP contribution in [-0.2, 0) is 22.4 Å². The summed E-state index contributed by atoms with van der Waals surface area (Å²) in [7, 11) is 0. The number of para-hydroxylation sites is 4. The number of esters is 1. The zero-order valence-electron chi connectivity index (χ0n) is 21.1. The molecule has 0 radical (unpaired) electrons. The van der Waals surface area contributed by atoms with Crippen molar-refractivity contribution in [2.75, 3.05) is 4.90 Å². The third-order valence-electron chi connectivity index (χ3n) is 7.04. The van der Waals surface area contributed by atoms with Crippen LogP contribution in [0.4, 0.5) is 11.4 Å². The highest BCUT2D eigenvalue weighted by atomic mass is 16.5. The number of aromatic nitrogens is 2. The molecule has 1 atom stereocenters. The summed E-state index contributed by atoms with van der Waals surface area (Å²) in [6, 6.07) is 30.8. The minimum Gasteiger partial charge on any atom is -0.449 e. The first-order valence-electron chi connectivity index (χ1n) is 12.9. The van der Waals surface area contributed by atoms with Crippen LogP contribution in [0.1, 0.15) is 34.8 Å². The predicted molar refractivity (Wildman–Crippen MR) is 148 cm³/mol. The lowest BCUT2D eigenvalue weighted by atomic mass is 10.0. The SMILES string of the molecule is CCC(OC(=O)c1ccccc1-c1nc2ccccc2[nH]1)C(=O)N1c2ccccc2CCc2ccccc21. The summed E-state index contributed by atoms with van der Waals surface area (Å²) in [4.78, 5) is 37.3. The Bertz CT molecular complexity index is 1570. The van der Waals surface area contributed by atoms with Crippen LogP contribution in [0.25, 0.3) is 22.4 Å². The highest BCUT2D eigenvalue weighted by molar-refractivity contribution is 6.06. The van der Waals surface area contributed by atoms with Gasteiger partial charge in [0.1, 0.15) is 5.82 Å². The average molecular weight is 502 g/mol. The average Bonchev–Trinajstić information content (AvgIpc) is 3.32. The van der Waals surface area contributed by atoms with Gasteiger partial charge in [-0.3, -0.25) is 9.69 Å². The highest BCUT2D eigenvalue weighted by Gasteiger charge is 2.33. The van der Waals surface area contributed by atoms with E-state index in [1.54, 1.807) is 17.0 Å². The number of benzene rings is 4. The number of imidazole rings is 1. The van der Waals surface area contributed by atoms with Gasteiger partial charge >= 0.3 is 5.97 Å². The van der Waals surface area contributed by atoms with Gasteiger partial charge in [0, 0.05) is 5.56 Å². The number of carbonyl (C=O) groups excluding carboxylic acids is 2. The second kappa shape index (κ2) is 9.98. The van der Waals surface area contributed by atoms with Crippen molar-refractivity contribution in [2.24, 2.45) is 0 Å². The summed E-state index contributed by atoms with van der Waals surface area (Å²) in [5, 5.41) is 0. The fraction of sp³-hybridized carbons (Fsp3) is 0.156. The first-order valence-corrected chi connectivity index (χ1v) is 12.9. The number of amides is 1. The topological polar surface area (TPSA) is 75.3 Å². The Hall–Kier alpha value is -4.71. The van der Waals surface area contributed by atoms with Crippen molar-refractivity contribution in [1.82, 2.24) is 9.97 Å². The molecule has 0 saturated carbocycles. The fourth-order valence-corrected chi connectivity index (χ4v) is 5.11. The molecule has 5 aromatic rings. The van der Waals surface area contributed by atoms with Crippen LogP contribution in [0.3, 0.4) is 0 Å². The van der Waals surface area contributed by atoms with Crippen LogP contribution < -0.4 is 4.90 Å². The Morgan fingerprint density at radius 1 is 0.842 bits per heavy atom. The summed E-state index contributed by atoms with van der Waals surface area (Å²) in [6.45, 7) is 1.86. The minimum atomic E-state index is -0.953. The van der Waals surface area contributed by atoms with Crippen molar-refractivity contribution >= 4 is 34.3 Å². The van der Waals surface area contributed by atoms with Gasteiger partial charge in [-0.25, -0.2) is 9.78 Å². The molecule has 0 saturated heterocycles. The van der Waals surface area contributed by atoms with E-state index in [1.807, 2.05) is 79.7 Å². The number of aryl methyl sites for hydroxylation is 2. The molecule has 0 bridgehead atoms. The number of hydrogen-bond donors (Lipinski definition) is 1. The Morgan fingerprint density at radius 2 is 1.45 bits per heavy atom. The third kappa shape index (κ3) is 4.24. The lowest BCUT2D eigenvalue weighted by Gasteiger charge is -2.28. The number of fused-ring (bicyclic) bond motifs is 3. The predicted octanol–water partition coefficient (Wildman–Crippen LogP) is 6.63. The van der Waals surface area contributed by atoms with Gasteiger partial charge < -0.3 is 9.72 Å². The summed E-state index contributed by atoms with van der Waals surface area (Å²) in [5.41, 5.74) is 6.52. The van der Waals surface area contributed by atoms with Crippen LogP contribution in [0.5, 0.6) is 0 Å². The molecule has 1 aromatic heterocycles. The van der Waals surface area contributed by atoms with Crippen molar-refractivity contribution in [1.29, 1.82) is 0 Å². The Kier molecular flexibility index (Phi) is 6.22. The molecule has 6 heteroatoms. The zero-order valence-corrected chi connectivity index (χ0v) is 21.1. The van der Waals surface area contributed by atoms with E-state index < -0.39 is 12.1 Å². The maximum absolute atomic E-state index is 14.1. The first kappa shape index (κ1) is 23.7. The zero-order chi connectivity index (χ0) is 26.1. The molecule has 38 heavy (non-hydrogen) atoms. The van der Waals surface area contributed by atoms with Crippen LogP contribution in [-0.4, -0.2) is 27.9 Å². The Labute approximate surface area is 220 Å². The third-order valence-corrected chi connectivity index (χ3v) is 7.04. The van der Waals surface area contributed by atoms with Gasteiger partial charge in [0.05, 0.1) is 28.0 Å². The molecule has 1 N–H and O–H groups in total. The summed E-state index contributed by atoms with van der Waals surface area (Å²) in [6.07, 6.45) is 1.06. The van der Waals surface area contributed by atoms with Crippen molar-refractivity contribution < 1.29 is 14.3 Å². The highest BCUT2D eigenvalue weighted by Crippen LogP contribution is 2.37. The second-order valence-electron chi connectivity index (χ2n) is 9.38. The Morgan fingerprint density at radius 3 is 2.13 bits per heavy atom. The first-order chi connectivity index (χ1) is 18.6. The normalized spacial score (nSPS) is 13.3. The van der Waals surface area contributed by atoms with Crippen LogP contribution in [0.15, 0.2) is 97.1 Å². The molecule has 1 unspecified atom stereocenters. The molecule has 0 aliphatic carbocycles. The van der Waals surface area contributed by atoms with Gasteiger partial charge in [0.15, 0.2) is 6.10 Å². The van der Waals surface area contributed by atoms with Crippen molar-refractivity contribution in [3.05, 3.63) is 114 Å². The van der Waals surface area contributed by atoms with Crippen molar-refractivity contribution in [2.45, 2.75) is 32.3 Å². The fourth-order valence-electron chi connectivity index (χ4n) is 5.11. The summed E-state index contributed by atoms with van der Waals surface area (Å²) < 4.78 is 5.94. The summed E-state index contributed by atoms with van der Waals surface area (Å²) >= 11 is 0. The molecule has 1 aliphatic heterocycles. The number of nitrogens with zero attached hydrogens (tertiary/aromatic N) is 2. The smallest absolute Gasteiger partial charge is 0.339 e. The molecule has 0 fully saturated rings. The summed E-state index contributed by atoms with van der Waals surface area (Å²) in [5.74, 6) is -0.241. The molecular formula is C32H27N3O3. The monoisotopic (exact) mass is 501 g/mol. The van der Waals surface area contributed by atoms with Gasteiger partial charge in [-0.05, 0) is 60.7 Å². The number of ether oxygens (including phenoxy) is 1. The molecular weight excluding hydrogens is 474 g/mol. The molecule has 0 spiro atoms. The van der Waals surface area contributed by atoms with Gasteiger partial charge in [0.2, 0.25) is 0 Å². The number of nitrogens with one attached hydrogen (secondary N) is 1. The standard InChI is InChI=1S/C32H27N3O3/c1-2-29(31(36)35-27-17-9-3-11-21(27)19-20-22-12-4-10-18-28(22)35)38-32(37)24-14-6-5-13-23(24)30-33-25-15-7-8-16-26(25)34-30/h3-18,29H,2,19-20H2,1H3,(H,33,34). The van der Waals surface area contributed by atoms with Crippen LogP contribution in [0, 0.1) is 0 Å². The largest absolute Gasteiger partial charge is 0.449 e. The Balaban J connectivity index is 1.34. The minimum absolute atomic E-state index is 0.260. The molecule has 2 heterocycles. The van der Waals surface area contributed by atoms with E-state index in [0.29, 0.717) is 23.4 Å².